The second-order valence-electron chi connectivity index (χ2n) is 6.60. The van der Waals surface area contributed by atoms with Gasteiger partial charge in [0.05, 0.1) is 6.61 Å². The van der Waals surface area contributed by atoms with Crippen LogP contribution in [0.5, 0.6) is 5.75 Å². The van der Waals surface area contributed by atoms with Crippen LogP contribution in [-0.4, -0.2) is 36.3 Å². The van der Waals surface area contributed by atoms with Gasteiger partial charge in [-0.1, -0.05) is 48.5 Å². The van der Waals surface area contributed by atoms with Gasteiger partial charge in [0, 0.05) is 19.6 Å². The molecule has 23 heavy (non-hydrogen) atoms. The van der Waals surface area contributed by atoms with E-state index in [1.807, 2.05) is 30.3 Å². The molecule has 3 nitrogen and oxygen atoms in total. The van der Waals surface area contributed by atoms with Crippen LogP contribution in [0.25, 0.3) is 0 Å². The smallest absolute Gasteiger partial charge is 0.131 e. The van der Waals surface area contributed by atoms with E-state index < -0.39 is 0 Å². The van der Waals surface area contributed by atoms with Gasteiger partial charge in [-0.2, -0.15) is 0 Å². The summed E-state index contributed by atoms with van der Waals surface area (Å²) in [6.45, 7) is 7.77. The number of nitrogens with zero attached hydrogens (tertiary/aromatic N) is 1. The van der Waals surface area contributed by atoms with E-state index in [4.69, 9.17) is 9.47 Å². The minimum Gasteiger partial charge on any atom is -0.485 e. The Morgan fingerprint density at radius 1 is 1.04 bits per heavy atom. The van der Waals surface area contributed by atoms with Crippen LogP contribution in [0.1, 0.15) is 19.4 Å². The molecular weight excluding hydrogens is 286 g/mol. The highest BCUT2D eigenvalue weighted by Crippen LogP contribution is 2.25. The molecule has 0 aliphatic carbocycles. The maximum atomic E-state index is 6.19. The zero-order valence-electron chi connectivity index (χ0n) is 13.9. The first-order valence-corrected chi connectivity index (χ1v) is 8.25. The molecule has 0 saturated carbocycles. The molecule has 0 bridgehead atoms. The van der Waals surface area contributed by atoms with Crippen LogP contribution in [0.15, 0.2) is 60.7 Å². The molecular formula is C20H25NO2. The summed E-state index contributed by atoms with van der Waals surface area (Å²) >= 11 is 0. The molecule has 1 aliphatic rings. The fraction of sp³-hybridized carbons (Fsp3) is 0.400. The molecule has 1 fully saturated rings. The molecule has 3 rings (SSSR count). The van der Waals surface area contributed by atoms with Crippen LogP contribution >= 0.6 is 0 Å². The second kappa shape index (κ2) is 7.16. The first kappa shape index (κ1) is 16.0. The normalized spacial score (nSPS) is 19.5. The minimum absolute atomic E-state index is 0.0557. The van der Waals surface area contributed by atoms with Crippen LogP contribution in [0.4, 0.5) is 0 Å². The number of hydrogen-bond donors (Lipinski definition) is 0. The summed E-state index contributed by atoms with van der Waals surface area (Å²) in [4.78, 5) is 2.44. The summed E-state index contributed by atoms with van der Waals surface area (Å²) in [5.41, 5.74) is 0.978. The van der Waals surface area contributed by atoms with Crippen molar-refractivity contribution in [3.05, 3.63) is 66.2 Å². The second-order valence-corrected chi connectivity index (χ2v) is 6.60. The zero-order chi connectivity index (χ0) is 16.1. The molecule has 1 aliphatic heterocycles. The summed E-state index contributed by atoms with van der Waals surface area (Å²) in [5.74, 6) is 0.890. The largest absolute Gasteiger partial charge is 0.485 e. The van der Waals surface area contributed by atoms with E-state index in [-0.39, 0.29) is 11.7 Å². The quantitative estimate of drug-likeness (QED) is 0.839. The lowest BCUT2D eigenvalue weighted by atomic mass is 9.99. The predicted octanol–water partition coefficient (Wildman–Crippen LogP) is 3.75. The SMILES string of the molecule is CC(C)(Oc1ccccc1)C1CN(Cc2ccccc2)CCO1. The number of hydrogen-bond acceptors (Lipinski definition) is 3. The predicted molar refractivity (Wildman–Crippen MR) is 92.6 cm³/mol. The molecule has 3 heteroatoms. The van der Waals surface area contributed by atoms with Crippen molar-refractivity contribution < 1.29 is 9.47 Å². The van der Waals surface area contributed by atoms with E-state index >= 15 is 0 Å². The maximum Gasteiger partial charge on any atom is 0.131 e. The summed E-state index contributed by atoms with van der Waals surface area (Å²) in [6.07, 6.45) is 0.0557. The lowest BCUT2D eigenvalue weighted by Crippen LogP contribution is -2.54. The van der Waals surface area contributed by atoms with Gasteiger partial charge in [0.2, 0.25) is 0 Å². The van der Waals surface area contributed by atoms with E-state index in [1.54, 1.807) is 0 Å². The van der Waals surface area contributed by atoms with Gasteiger partial charge in [-0.05, 0) is 31.5 Å². The highest BCUT2D eigenvalue weighted by atomic mass is 16.6. The van der Waals surface area contributed by atoms with E-state index in [2.05, 4.69) is 49.1 Å². The van der Waals surface area contributed by atoms with Crippen LogP contribution in [-0.2, 0) is 11.3 Å². The Bertz CT molecular complexity index is 598. The van der Waals surface area contributed by atoms with Crippen molar-refractivity contribution in [1.29, 1.82) is 0 Å². The van der Waals surface area contributed by atoms with Gasteiger partial charge in [-0.25, -0.2) is 0 Å². The Morgan fingerprint density at radius 2 is 1.70 bits per heavy atom. The minimum atomic E-state index is -0.364. The molecule has 122 valence electrons. The maximum absolute atomic E-state index is 6.19. The number of para-hydroxylation sites is 1. The van der Waals surface area contributed by atoms with Crippen molar-refractivity contribution in [2.24, 2.45) is 0 Å². The molecule has 1 saturated heterocycles. The summed E-state index contributed by atoms with van der Waals surface area (Å²) in [7, 11) is 0. The van der Waals surface area contributed by atoms with E-state index in [9.17, 15) is 0 Å². The Labute approximate surface area is 138 Å². The molecule has 0 N–H and O–H groups in total. The lowest BCUT2D eigenvalue weighted by Gasteiger charge is -2.41. The van der Waals surface area contributed by atoms with Crippen LogP contribution in [0, 0.1) is 0 Å². The van der Waals surface area contributed by atoms with Crippen molar-refractivity contribution in [2.75, 3.05) is 19.7 Å². The van der Waals surface area contributed by atoms with Crippen molar-refractivity contribution >= 4 is 0 Å². The summed E-state index contributed by atoms with van der Waals surface area (Å²) < 4.78 is 12.2. The molecule has 2 aromatic carbocycles. The fourth-order valence-electron chi connectivity index (χ4n) is 2.97. The van der Waals surface area contributed by atoms with E-state index in [1.165, 1.54) is 5.56 Å². The Kier molecular flexibility index (Phi) is 4.99. The third-order valence-electron chi connectivity index (χ3n) is 4.30. The van der Waals surface area contributed by atoms with Gasteiger partial charge in [0.15, 0.2) is 0 Å². The van der Waals surface area contributed by atoms with Gasteiger partial charge in [0.25, 0.3) is 0 Å². The average Bonchev–Trinajstić information content (AvgIpc) is 2.57. The number of benzene rings is 2. The average molecular weight is 311 g/mol. The highest BCUT2D eigenvalue weighted by Gasteiger charge is 2.36. The number of rotatable bonds is 5. The highest BCUT2D eigenvalue weighted by molar-refractivity contribution is 5.22. The van der Waals surface area contributed by atoms with Crippen LogP contribution in [0.2, 0.25) is 0 Å². The molecule has 1 unspecified atom stereocenters. The molecule has 1 heterocycles. The van der Waals surface area contributed by atoms with Gasteiger partial charge in [-0.3, -0.25) is 4.90 Å². The van der Waals surface area contributed by atoms with Crippen molar-refractivity contribution in [1.82, 2.24) is 4.90 Å². The van der Waals surface area contributed by atoms with Crippen LogP contribution in [0.3, 0.4) is 0 Å². The number of morpholine rings is 1. The first-order valence-electron chi connectivity index (χ1n) is 8.25. The molecule has 2 aromatic rings. The zero-order valence-corrected chi connectivity index (χ0v) is 13.9. The Morgan fingerprint density at radius 3 is 2.39 bits per heavy atom. The monoisotopic (exact) mass is 311 g/mol. The standard InChI is InChI=1S/C20H25NO2/c1-20(2,23-18-11-7-4-8-12-18)19-16-21(13-14-22-19)15-17-9-5-3-6-10-17/h3-12,19H,13-16H2,1-2H3. The van der Waals surface area contributed by atoms with E-state index in [0.717, 1.165) is 32.0 Å². The van der Waals surface area contributed by atoms with Crippen LogP contribution < -0.4 is 4.74 Å². The van der Waals surface area contributed by atoms with Crippen molar-refractivity contribution in [2.45, 2.75) is 32.1 Å². The molecule has 1 atom stereocenters. The van der Waals surface area contributed by atoms with E-state index in [0.29, 0.717) is 0 Å². The molecule has 0 radical (unpaired) electrons. The van der Waals surface area contributed by atoms with Crippen molar-refractivity contribution in [3.8, 4) is 5.75 Å². The molecule has 0 spiro atoms. The van der Waals surface area contributed by atoms with Gasteiger partial charge in [0.1, 0.15) is 17.5 Å². The van der Waals surface area contributed by atoms with Gasteiger partial charge in [-0.15, -0.1) is 0 Å². The molecule has 0 amide bonds. The summed E-state index contributed by atoms with van der Waals surface area (Å²) in [6, 6.07) is 20.6. The Balaban J connectivity index is 1.63. The third kappa shape index (κ3) is 4.34. The first-order chi connectivity index (χ1) is 11.1. The third-order valence-corrected chi connectivity index (χ3v) is 4.30. The van der Waals surface area contributed by atoms with Gasteiger partial charge >= 0.3 is 0 Å². The fourth-order valence-corrected chi connectivity index (χ4v) is 2.97. The van der Waals surface area contributed by atoms with Crippen molar-refractivity contribution in [3.63, 3.8) is 0 Å². The lowest BCUT2D eigenvalue weighted by molar-refractivity contribution is -0.117. The Hall–Kier alpha value is -1.84. The summed E-state index contributed by atoms with van der Waals surface area (Å²) in [5, 5.41) is 0. The topological polar surface area (TPSA) is 21.7 Å². The van der Waals surface area contributed by atoms with Gasteiger partial charge < -0.3 is 9.47 Å². The molecule has 0 aromatic heterocycles. The number of ether oxygens (including phenoxy) is 2.